The van der Waals surface area contributed by atoms with E-state index in [-0.39, 0.29) is 0 Å². The van der Waals surface area contributed by atoms with Crippen LogP contribution in [0.15, 0.2) is 36.9 Å². The largest absolute Gasteiger partial charge is 0.337 e. The maximum Gasteiger partial charge on any atom is 0.0945 e. The molecule has 1 N–H and O–H groups in total. The number of imidazole rings is 1. The molecule has 0 unspecified atom stereocenters. The van der Waals surface area contributed by atoms with Crippen molar-refractivity contribution in [3.8, 4) is 0 Å². The Kier molecular flexibility index (Phi) is 5.05. The summed E-state index contributed by atoms with van der Waals surface area (Å²) in [5.41, 5.74) is 1.11. The van der Waals surface area contributed by atoms with E-state index in [4.69, 9.17) is 23.2 Å². The lowest BCUT2D eigenvalue weighted by Crippen LogP contribution is -2.16. The minimum absolute atomic E-state index is 0.678. The Hall–Kier alpha value is -1.03. The van der Waals surface area contributed by atoms with Gasteiger partial charge in [0, 0.05) is 35.5 Å². The number of aryl methyl sites for hydroxylation is 1. The highest BCUT2D eigenvalue weighted by atomic mass is 35.5. The zero-order chi connectivity index (χ0) is 12.8. The van der Waals surface area contributed by atoms with Gasteiger partial charge >= 0.3 is 0 Å². The lowest BCUT2D eigenvalue weighted by molar-refractivity contribution is 0.581. The molecule has 1 heterocycles. The zero-order valence-corrected chi connectivity index (χ0v) is 11.5. The molecular formula is C13H15Cl2N3. The molecule has 18 heavy (non-hydrogen) atoms. The first kappa shape index (κ1) is 13.4. The molecule has 0 aliphatic heterocycles. The summed E-state index contributed by atoms with van der Waals surface area (Å²) in [5.74, 6) is 0. The molecule has 0 bridgehead atoms. The van der Waals surface area contributed by atoms with Gasteiger partial charge in [-0.05, 0) is 36.7 Å². The van der Waals surface area contributed by atoms with Crippen molar-refractivity contribution in [2.45, 2.75) is 19.5 Å². The molecule has 1 aromatic heterocycles. The molecule has 0 fully saturated rings. The molecule has 0 atom stereocenters. The summed E-state index contributed by atoms with van der Waals surface area (Å²) < 4.78 is 2.07. The summed E-state index contributed by atoms with van der Waals surface area (Å²) in [5, 5.41) is 4.72. The second-order valence-electron chi connectivity index (χ2n) is 4.11. The highest BCUT2D eigenvalue weighted by Crippen LogP contribution is 2.18. The van der Waals surface area contributed by atoms with Gasteiger partial charge in [-0.1, -0.05) is 23.2 Å². The van der Waals surface area contributed by atoms with Crippen LogP contribution < -0.4 is 5.32 Å². The first-order valence-corrected chi connectivity index (χ1v) is 6.61. The fourth-order valence-electron chi connectivity index (χ4n) is 1.75. The topological polar surface area (TPSA) is 29.9 Å². The lowest BCUT2D eigenvalue weighted by Gasteiger charge is -2.06. The van der Waals surface area contributed by atoms with Crippen molar-refractivity contribution < 1.29 is 0 Å². The molecule has 0 amide bonds. The van der Waals surface area contributed by atoms with Crippen LogP contribution in [0.2, 0.25) is 10.0 Å². The standard InChI is InChI=1S/C13H15Cl2N3/c14-12-6-11(7-13(15)8-12)9-16-2-1-4-18-5-3-17-10-18/h3,5-8,10,16H,1-2,4,9H2. The maximum atomic E-state index is 5.94. The van der Waals surface area contributed by atoms with Crippen LogP contribution in [0.1, 0.15) is 12.0 Å². The van der Waals surface area contributed by atoms with E-state index in [9.17, 15) is 0 Å². The van der Waals surface area contributed by atoms with E-state index in [0.717, 1.165) is 31.6 Å². The molecular weight excluding hydrogens is 269 g/mol. The maximum absolute atomic E-state index is 5.94. The van der Waals surface area contributed by atoms with Gasteiger partial charge in [0.05, 0.1) is 6.33 Å². The van der Waals surface area contributed by atoms with Crippen LogP contribution >= 0.6 is 23.2 Å². The molecule has 0 spiro atoms. The van der Waals surface area contributed by atoms with Crippen LogP contribution in [0.5, 0.6) is 0 Å². The predicted molar refractivity (Wildman–Crippen MR) is 75.0 cm³/mol. The SMILES string of the molecule is Clc1cc(Cl)cc(CNCCCn2ccnc2)c1. The van der Waals surface area contributed by atoms with E-state index in [2.05, 4.69) is 14.9 Å². The Morgan fingerprint density at radius 2 is 1.94 bits per heavy atom. The molecule has 2 aromatic rings. The van der Waals surface area contributed by atoms with E-state index in [1.165, 1.54) is 0 Å². The third-order valence-corrected chi connectivity index (χ3v) is 3.02. The zero-order valence-electron chi connectivity index (χ0n) is 9.94. The molecule has 2 rings (SSSR count). The van der Waals surface area contributed by atoms with Gasteiger partial charge in [0.1, 0.15) is 0 Å². The average molecular weight is 284 g/mol. The number of rotatable bonds is 6. The van der Waals surface area contributed by atoms with Crippen LogP contribution in [0.4, 0.5) is 0 Å². The number of nitrogens with one attached hydrogen (secondary N) is 1. The smallest absolute Gasteiger partial charge is 0.0945 e. The monoisotopic (exact) mass is 283 g/mol. The number of benzene rings is 1. The molecule has 0 aliphatic rings. The quantitative estimate of drug-likeness (QED) is 0.824. The number of aromatic nitrogens is 2. The van der Waals surface area contributed by atoms with E-state index in [0.29, 0.717) is 10.0 Å². The van der Waals surface area contributed by atoms with Crippen LogP contribution in [0.25, 0.3) is 0 Å². The van der Waals surface area contributed by atoms with Gasteiger partial charge in [-0.3, -0.25) is 0 Å². The molecule has 1 aromatic carbocycles. The third-order valence-electron chi connectivity index (χ3n) is 2.58. The molecule has 5 heteroatoms. The van der Waals surface area contributed by atoms with Gasteiger partial charge in [-0.25, -0.2) is 4.98 Å². The average Bonchev–Trinajstić information content (AvgIpc) is 2.80. The van der Waals surface area contributed by atoms with Crippen molar-refractivity contribution in [3.05, 3.63) is 52.5 Å². The van der Waals surface area contributed by atoms with Crippen molar-refractivity contribution in [2.75, 3.05) is 6.54 Å². The second-order valence-corrected chi connectivity index (χ2v) is 4.98. The summed E-state index contributed by atoms with van der Waals surface area (Å²) in [6.07, 6.45) is 6.65. The fourth-order valence-corrected chi connectivity index (χ4v) is 2.32. The first-order chi connectivity index (χ1) is 8.74. The number of halogens is 2. The van der Waals surface area contributed by atoms with Crippen LogP contribution in [-0.2, 0) is 13.1 Å². The molecule has 0 saturated carbocycles. The van der Waals surface area contributed by atoms with E-state index >= 15 is 0 Å². The van der Waals surface area contributed by atoms with Gasteiger partial charge in [-0.2, -0.15) is 0 Å². The van der Waals surface area contributed by atoms with Gasteiger partial charge in [0.2, 0.25) is 0 Å². The van der Waals surface area contributed by atoms with Crippen molar-refractivity contribution in [3.63, 3.8) is 0 Å². The first-order valence-electron chi connectivity index (χ1n) is 5.85. The van der Waals surface area contributed by atoms with Gasteiger partial charge in [0.15, 0.2) is 0 Å². The van der Waals surface area contributed by atoms with E-state index < -0.39 is 0 Å². The third kappa shape index (κ3) is 4.33. The Morgan fingerprint density at radius 3 is 2.61 bits per heavy atom. The van der Waals surface area contributed by atoms with E-state index in [1.54, 1.807) is 12.3 Å². The minimum Gasteiger partial charge on any atom is -0.337 e. The van der Waals surface area contributed by atoms with Gasteiger partial charge in [-0.15, -0.1) is 0 Å². The summed E-state index contributed by atoms with van der Waals surface area (Å²) in [6.45, 7) is 2.70. The Morgan fingerprint density at radius 1 is 1.17 bits per heavy atom. The van der Waals surface area contributed by atoms with Crippen LogP contribution in [-0.4, -0.2) is 16.1 Å². The van der Waals surface area contributed by atoms with Gasteiger partial charge < -0.3 is 9.88 Å². The Labute approximate surface area is 117 Å². The van der Waals surface area contributed by atoms with Crippen LogP contribution in [0, 0.1) is 0 Å². The lowest BCUT2D eigenvalue weighted by atomic mass is 10.2. The minimum atomic E-state index is 0.678. The summed E-state index contributed by atoms with van der Waals surface area (Å²) in [7, 11) is 0. The molecule has 0 aliphatic carbocycles. The Balaban J connectivity index is 1.68. The summed E-state index contributed by atoms with van der Waals surface area (Å²) in [6, 6.07) is 5.60. The fraction of sp³-hybridized carbons (Fsp3) is 0.308. The van der Waals surface area contributed by atoms with Crippen LogP contribution in [0.3, 0.4) is 0 Å². The number of hydrogen-bond donors (Lipinski definition) is 1. The molecule has 0 radical (unpaired) electrons. The van der Waals surface area contributed by atoms with Crippen molar-refractivity contribution in [1.29, 1.82) is 0 Å². The Bertz CT molecular complexity index is 463. The van der Waals surface area contributed by atoms with Crippen molar-refractivity contribution >= 4 is 23.2 Å². The van der Waals surface area contributed by atoms with Crippen molar-refractivity contribution in [2.24, 2.45) is 0 Å². The normalized spacial score (nSPS) is 10.8. The summed E-state index contributed by atoms with van der Waals surface area (Å²) >= 11 is 11.9. The second kappa shape index (κ2) is 6.78. The predicted octanol–water partition coefficient (Wildman–Crippen LogP) is 3.37. The molecule has 96 valence electrons. The molecule has 0 saturated heterocycles. The molecule has 3 nitrogen and oxygen atoms in total. The number of hydrogen-bond acceptors (Lipinski definition) is 2. The summed E-state index contributed by atoms with van der Waals surface area (Å²) in [4.78, 5) is 4.00. The highest BCUT2D eigenvalue weighted by molar-refractivity contribution is 6.34. The van der Waals surface area contributed by atoms with Crippen molar-refractivity contribution in [1.82, 2.24) is 14.9 Å². The van der Waals surface area contributed by atoms with E-state index in [1.807, 2.05) is 24.7 Å². The highest BCUT2D eigenvalue weighted by Gasteiger charge is 1.98. The number of nitrogens with zero attached hydrogens (tertiary/aromatic N) is 2. The van der Waals surface area contributed by atoms with Gasteiger partial charge in [0.25, 0.3) is 0 Å².